The molecule has 7 heteroatoms. The van der Waals surface area contributed by atoms with Crippen molar-refractivity contribution in [3.63, 3.8) is 0 Å². The fourth-order valence-electron chi connectivity index (χ4n) is 1.50. The first-order chi connectivity index (χ1) is 8.61. The molecule has 0 radical (unpaired) electrons. The number of fused-ring (bicyclic) bond motifs is 1. The van der Waals surface area contributed by atoms with Crippen molar-refractivity contribution in [3.05, 3.63) is 17.7 Å². The molecule has 0 unspecified atom stereocenters. The molecule has 7 nitrogen and oxygen atoms in total. The number of nitrogen functional groups attached to an aromatic ring is 1. The van der Waals surface area contributed by atoms with Gasteiger partial charge in [0.2, 0.25) is 12.7 Å². The van der Waals surface area contributed by atoms with E-state index in [1.54, 1.807) is 0 Å². The first kappa shape index (κ1) is 12.0. The van der Waals surface area contributed by atoms with Gasteiger partial charge in [0.1, 0.15) is 0 Å². The molecule has 0 bridgehead atoms. The molecule has 1 aromatic rings. The molecule has 0 atom stereocenters. The zero-order valence-electron chi connectivity index (χ0n) is 9.78. The summed E-state index contributed by atoms with van der Waals surface area (Å²) in [6.07, 6.45) is 0. The van der Waals surface area contributed by atoms with E-state index < -0.39 is 5.91 Å². The van der Waals surface area contributed by atoms with Crippen LogP contribution in [0.5, 0.6) is 11.5 Å². The summed E-state index contributed by atoms with van der Waals surface area (Å²) in [4.78, 5) is 22.8. The van der Waals surface area contributed by atoms with Gasteiger partial charge in [0.05, 0.1) is 12.1 Å². The normalized spacial score (nSPS) is 12.1. The van der Waals surface area contributed by atoms with Crippen LogP contribution in [0.3, 0.4) is 0 Å². The second kappa shape index (κ2) is 4.82. The van der Waals surface area contributed by atoms with Crippen LogP contribution in [0.25, 0.3) is 0 Å². The van der Waals surface area contributed by atoms with Crippen molar-refractivity contribution in [1.29, 1.82) is 0 Å². The number of rotatable bonds is 3. The summed E-state index contributed by atoms with van der Waals surface area (Å²) in [5.74, 6) is 0.252. The number of nitrogens with one attached hydrogen (secondary N) is 2. The first-order valence-corrected chi connectivity index (χ1v) is 5.29. The number of amides is 2. The lowest BCUT2D eigenvalue weighted by Crippen LogP contribution is -2.35. The lowest BCUT2D eigenvalue weighted by molar-refractivity contribution is -0.119. The second-order valence-electron chi connectivity index (χ2n) is 3.65. The zero-order chi connectivity index (χ0) is 13.1. The Morgan fingerprint density at radius 2 is 2.00 bits per heavy atom. The van der Waals surface area contributed by atoms with Crippen molar-refractivity contribution in [2.45, 2.75) is 0 Å². The van der Waals surface area contributed by atoms with Crippen molar-refractivity contribution in [3.8, 4) is 11.5 Å². The quantitative estimate of drug-likeness (QED) is 0.627. The van der Waals surface area contributed by atoms with Crippen LogP contribution in [0.2, 0.25) is 0 Å². The predicted octanol–water partition coefficient (Wildman–Crippen LogP) is -0.527. The molecular formula is C11H13N3O4. The Balaban J connectivity index is 2.13. The number of likely N-dealkylation sites (N-methyl/N-ethyl adjacent to an activating group) is 1. The number of anilines is 1. The number of benzene rings is 1. The van der Waals surface area contributed by atoms with Gasteiger partial charge in [0.25, 0.3) is 5.91 Å². The molecule has 0 saturated heterocycles. The number of hydrogen-bond acceptors (Lipinski definition) is 5. The highest BCUT2D eigenvalue weighted by Crippen LogP contribution is 2.35. The zero-order valence-corrected chi connectivity index (χ0v) is 9.78. The molecule has 1 aromatic carbocycles. The smallest absolute Gasteiger partial charge is 0.253 e. The molecule has 96 valence electrons. The van der Waals surface area contributed by atoms with Crippen molar-refractivity contribution >= 4 is 17.5 Å². The van der Waals surface area contributed by atoms with E-state index in [-0.39, 0.29) is 30.5 Å². The van der Waals surface area contributed by atoms with Crippen LogP contribution >= 0.6 is 0 Å². The maximum Gasteiger partial charge on any atom is 0.253 e. The van der Waals surface area contributed by atoms with Crippen LogP contribution in [0.15, 0.2) is 12.1 Å². The SMILES string of the molecule is CNC(=O)CNC(=O)c1cc2c(cc1N)OCO2. The van der Waals surface area contributed by atoms with E-state index in [1.807, 2.05) is 0 Å². The molecule has 2 amide bonds. The highest BCUT2D eigenvalue weighted by molar-refractivity contribution is 6.01. The number of hydrogen-bond donors (Lipinski definition) is 3. The van der Waals surface area contributed by atoms with E-state index in [0.717, 1.165) is 0 Å². The summed E-state index contributed by atoms with van der Waals surface area (Å²) in [5.41, 5.74) is 6.26. The maximum absolute atomic E-state index is 11.8. The lowest BCUT2D eigenvalue weighted by Gasteiger charge is -2.08. The van der Waals surface area contributed by atoms with Crippen molar-refractivity contribution in [2.75, 3.05) is 26.1 Å². The second-order valence-corrected chi connectivity index (χ2v) is 3.65. The molecule has 0 aromatic heterocycles. The molecule has 18 heavy (non-hydrogen) atoms. The van der Waals surface area contributed by atoms with Gasteiger partial charge in [-0.1, -0.05) is 0 Å². The summed E-state index contributed by atoms with van der Waals surface area (Å²) < 4.78 is 10.3. The van der Waals surface area contributed by atoms with Crippen molar-refractivity contribution in [2.24, 2.45) is 0 Å². The molecule has 0 saturated carbocycles. The molecular weight excluding hydrogens is 238 g/mol. The van der Waals surface area contributed by atoms with Crippen LogP contribution < -0.4 is 25.8 Å². The molecule has 1 aliphatic rings. The fraction of sp³-hybridized carbons (Fsp3) is 0.273. The standard InChI is InChI=1S/C11H13N3O4/c1-13-10(15)4-14-11(16)6-2-8-9(3-7(6)12)18-5-17-8/h2-3H,4-5,12H2,1H3,(H,13,15)(H,14,16). The third-order valence-electron chi connectivity index (χ3n) is 2.48. The molecule has 2 rings (SSSR count). The Hall–Kier alpha value is -2.44. The van der Waals surface area contributed by atoms with Gasteiger partial charge < -0.3 is 25.8 Å². The van der Waals surface area contributed by atoms with Crippen LogP contribution in [0.4, 0.5) is 5.69 Å². The topological polar surface area (TPSA) is 103 Å². The maximum atomic E-state index is 11.8. The monoisotopic (exact) mass is 251 g/mol. The van der Waals surface area contributed by atoms with Crippen LogP contribution in [0.1, 0.15) is 10.4 Å². The number of nitrogens with two attached hydrogens (primary N) is 1. The average Bonchev–Trinajstić information content (AvgIpc) is 2.81. The first-order valence-electron chi connectivity index (χ1n) is 5.29. The van der Waals surface area contributed by atoms with E-state index >= 15 is 0 Å². The molecule has 1 heterocycles. The van der Waals surface area contributed by atoms with Crippen molar-refractivity contribution in [1.82, 2.24) is 10.6 Å². The van der Waals surface area contributed by atoms with E-state index in [0.29, 0.717) is 11.5 Å². The highest BCUT2D eigenvalue weighted by Gasteiger charge is 2.19. The lowest BCUT2D eigenvalue weighted by atomic mass is 10.1. The summed E-state index contributed by atoms with van der Waals surface area (Å²) >= 11 is 0. The number of carbonyl (C=O) groups is 2. The summed E-state index contributed by atoms with van der Waals surface area (Å²) in [6, 6.07) is 3.02. The molecule has 0 spiro atoms. The predicted molar refractivity (Wildman–Crippen MR) is 63.4 cm³/mol. The van der Waals surface area contributed by atoms with Gasteiger partial charge in [0.15, 0.2) is 11.5 Å². The van der Waals surface area contributed by atoms with Gasteiger partial charge in [-0.15, -0.1) is 0 Å². The van der Waals surface area contributed by atoms with Gasteiger partial charge in [-0.2, -0.15) is 0 Å². The van der Waals surface area contributed by atoms with E-state index in [4.69, 9.17) is 15.2 Å². The number of carbonyl (C=O) groups excluding carboxylic acids is 2. The van der Waals surface area contributed by atoms with Gasteiger partial charge >= 0.3 is 0 Å². The Morgan fingerprint density at radius 3 is 2.67 bits per heavy atom. The minimum Gasteiger partial charge on any atom is -0.454 e. The minimum absolute atomic E-state index is 0.108. The Kier molecular flexibility index (Phi) is 3.22. The number of ether oxygens (including phenoxy) is 2. The molecule has 1 aliphatic heterocycles. The largest absolute Gasteiger partial charge is 0.454 e. The van der Waals surface area contributed by atoms with Gasteiger partial charge in [-0.25, -0.2) is 0 Å². The van der Waals surface area contributed by atoms with Crippen LogP contribution in [-0.2, 0) is 4.79 Å². The minimum atomic E-state index is -0.436. The molecule has 0 aliphatic carbocycles. The molecule has 0 fully saturated rings. The third kappa shape index (κ3) is 2.29. The Labute approximate surface area is 103 Å². The summed E-state index contributed by atoms with van der Waals surface area (Å²) in [7, 11) is 1.49. The van der Waals surface area contributed by atoms with Gasteiger partial charge in [0, 0.05) is 18.8 Å². The van der Waals surface area contributed by atoms with Gasteiger partial charge in [-0.3, -0.25) is 9.59 Å². The Morgan fingerprint density at radius 1 is 1.33 bits per heavy atom. The average molecular weight is 251 g/mol. The van der Waals surface area contributed by atoms with E-state index in [1.165, 1.54) is 19.2 Å². The van der Waals surface area contributed by atoms with E-state index in [2.05, 4.69) is 10.6 Å². The Bertz CT molecular complexity index is 501. The summed E-state index contributed by atoms with van der Waals surface area (Å²) in [5, 5.41) is 4.85. The highest BCUT2D eigenvalue weighted by atomic mass is 16.7. The van der Waals surface area contributed by atoms with E-state index in [9.17, 15) is 9.59 Å². The van der Waals surface area contributed by atoms with Crippen LogP contribution in [0, 0.1) is 0 Å². The fourth-order valence-corrected chi connectivity index (χ4v) is 1.50. The molecule has 4 N–H and O–H groups in total. The van der Waals surface area contributed by atoms with Gasteiger partial charge in [-0.05, 0) is 6.07 Å². The van der Waals surface area contributed by atoms with Crippen LogP contribution in [-0.4, -0.2) is 32.2 Å². The van der Waals surface area contributed by atoms with Crippen molar-refractivity contribution < 1.29 is 19.1 Å². The summed E-state index contributed by atoms with van der Waals surface area (Å²) in [6.45, 7) is 0.00129. The third-order valence-corrected chi connectivity index (χ3v) is 2.48.